The first-order valence-electron chi connectivity index (χ1n) is 6.92. The summed E-state index contributed by atoms with van der Waals surface area (Å²) >= 11 is 0. The minimum absolute atomic E-state index is 0.203. The van der Waals surface area contributed by atoms with Crippen molar-refractivity contribution in [2.45, 2.75) is 0 Å². The van der Waals surface area contributed by atoms with E-state index in [1.165, 1.54) is 0 Å². The minimum Gasteiger partial charge on any atom is -0.479 e. The van der Waals surface area contributed by atoms with Gasteiger partial charge >= 0.3 is 5.95 Å². The molecule has 1 N–H and O–H groups in total. The Morgan fingerprint density at radius 2 is 1.73 bits per heavy atom. The summed E-state index contributed by atoms with van der Waals surface area (Å²) in [5, 5.41) is 11.9. The predicted molar refractivity (Wildman–Crippen MR) is 83.3 cm³/mol. The summed E-state index contributed by atoms with van der Waals surface area (Å²) in [6.07, 6.45) is 3.66. The summed E-state index contributed by atoms with van der Waals surface area (Å²) in [5.41, 5.74) is 1.93. The van der Waals surface area contributed by atoms with Gasteiger partial charge in [-0.3, -0.25) is 0 Å². The van der Waals surface area contributed by atoms with Crippen molar-refractivity contribution in [3.05, 3.63) is 76.6 Å². The van der Waals surface area contributed by atoms with Crippen molar-refractivity contribution in [2.75, 3.05) is 0 Å². The zero-order chi connectivity index (χ0) is 14.9. The van der Waals surface area contributed by atoms with Crippen LogP contribution in [0.25, 0.3) is 23.6 Å². The molecule has 3 aromatic rings. The molecule has 0 radical (unpaired) electrons. The fourth-order valence-corrected chi connectivity index (χ4v) is 2.38. The Hall–Kier alpha value is -3.14. The Kier molecular flexibility index (Phi) is 2.86. The van der Waals surface area contributed by atoms with E-state index in [1.54, 1.807) is 6.08 Å². The van der Waals surface area contributed by atoms with Crippen molar-refractivity contribution in [2.24, 2.45) is 4.99 Å². The molecule has 2 heterocycles. The molecular weight excluding hydrogens is 276 g/mol. The summed E-state index contributed by atoms with van der Waals surface area (Å²) in [6.45, 7) is 0. The van der Waals surface area contributed by atoms with Crippen molar-refractivity contribution < 1.29 is 9.52 Å². The third-order valence-electron chi connectivity index (χ3n) is 3.43. The number of hydrogen-bond acceptors (Lipinski definition) is 4. The lowest BCUT2D eigenvalue weighted by Gasteiger charge is -1.91. The van der Waals surface area contributed by atoms with Crippen LogP contribution in [0.3, 0.4) is 0 Å². The van der Waals surface area contributed by atoms with Gasteiger partial charge in [-0.15, -0.1) is 0 Å². The van der Waals surface area contributed by atoms with Crippen molar-refractivity contribution in [3.8, 4) is 17.4 Å². The van der Waals surface area contributed by atoms with Crippen molar-refractivity contribution in [1.29, 1.82) is 0 Å². The second-order valence-electron chi connectivity index (χ2n) is 4.96. The highest BCUT2D eigenvalue weighted by Gasteiger charge is 2.13. The molecule has 1 aromatic heterocycles. The van der Waals surface area contributed by atoms with Gasteiger partial charge in [0.05, 0.1) is 11.1 Å². The Balaban J connectivity index is 1.75. The molecule has 0 fully saturated rings. The second kappa shape index (κ2) is 5.00. The number of fused-ring (bicyclic) bond motifs is 1. The van der Waals surface area contributed by atoms with Crippen molar-refractivity contribution in [1.82, 2.24) is 4.98 Å². The quantitative estimate of drug-likeness (QED) is 0.788. The highest BCUT2D eigenvalue weighted by molar-refractivity contribution is 5.67. The molecule has 106 valence electrons. The molecule has 4 rings (SSSR count). The molecule has 0 saturated heterocycles. The van der Waals surface area contributed by atoms with Crippen LogP contribution >= 0.6 is 0 Å². The van der Waals surface area contributed by atoms with E-state index in [0.717, 1.165) is 21.8 Å². The average molecular weight is 288 g/mol. The number of rotatable bonds is 2. The smallest absolute Gasteiger partial charge is 0.310 e. The molecule has 2 aromatic carbocycles. The molecule has 0 bridgehead atoms. The molecule has 0 aliphatic carbocycles. The van der Waals surface area contributed by atoms with Gasteiger partial charge in [-0.2, -0.15) is 0 Å². The van der Waals surface area contributed by atoms with E-state index in [1.807, 2.05) is 60.7 Å². The second-order valence-corrected chi connectivity index (χ2v) is 4.96. The van der Waals surface area contributed by atoms with Gasteiger partial charge in [-0.05, 0) is 30.4 Å². The van der Waals surface area contributed by atoms with Crippen LogP contribution in [-0.2, 0) is 0 Å². The molecule has 4 heteroatoms. The average Bonchev–Trinajstić information content (AvgIpc) is 3.12. The fourth-order valence-electron chi connectivity index (χ4n) is 2.38. The van der Waals surface area contributed by atoms with Crippen LogP contribution in [0.1, 0.15) is 5.69 Å². The monoisotopic (exact) mass is 288 g/mol. The van der Waals surface area contributed by atoms with Crippen LogP contribution in [0.15, 0.2) is 69.7 Å². The van der Waals surface area contributed by atoms with Gasteiger partial charge in [0.2, 0.25) is 5.89 Å². The van der Waals surface area contributed by atoms with E-state index < -0.39 is 0 Å². The number of oxazole rings is 1. The van der Waals surface area contributed by atoms with Crippen molar-refractivity contribution in [3.63, 3.8) is 0 Å². The van der Waals surface area contributed by atoms with Gasteiger partial charge < -0.3 is 9.52 Å². The minimum atomic E-state index is -0.203. The van der Waals surface area contributed by atoms with Crippen LogP contribution in [0.4, 0.5) is 0 Å². The molecular formula is C18H12N2O2. The van der Waals surface area contributed by atoms with E-state index in [4.69, 9.17) is 4.42 Å². The van der Waals surface area contributed by atoms with E-state index in [2.05, 4.69) is 9.98 Å². The summed E-state index contributed by atoms with van der Waals surface area (Å²) < 4.78 is 5.33. The molecule has 0 saturated carbocycles. The van der Waals surface area contributed by atoms with Gasteiger partial charge in [-0.1, -0.05) is 36.4 Å². The standard InChI is InChI=1S/C18H12N2O2/c21-18-16(20-17(22-18)12-6-2-1-3-7-12)11-14-10-13-8-4-5-9-15(13)19-14/h1-11,21H/b14-11-. The SMILES string of the molecule is Oc1oc(-c2ccccc2)nc1/C=C1/C=c2ccccc2=N1. The van der Waals surface area contributed by atoms with Crippen LogP contribution in [0.5, 0.6) is 5.95 Å². The Bertz CT molecular complexity index is 948. The summed E-state index contributed by atoms with van der Waals surface area (Å²) in [7, 11) is 0. The number of aromatic nitrogens is 1. The van der Waals surface area contributed by atoms with Gasteiger partial charge in [0.1, 0.15) is 5.69 Å². The van der Waals surface area contributed by atoms with E-state index in [0.29, 0.717) is 11.6 Å². The van der Waals surface area contributed by atoms with Gasteiger partial charge in [0.25, 0.3) is 0 Å². The maximum Gasteiger partial charge on any atom is 0.310 e. The normalized spacial score (nSPS) is 14.5. The van der Waals surface area contributed by atoms with Gasteiger partial charge in [0, 0.05) is 10.8 Å². The molecule has 22 heavy (non-hydrogen) atoms. The zero-order valence-electron chi connectivity index (χ0n) is 11.6. The highest BCUT2D eigenvalue weighted by atomic mass is 16.5. The molecule has 0 amide bonds. The van der Waals surface area contributed by atoms with E-state index >= 15 is 0 Å². The number of benzene rings is 2. The zero-order valence-corrected chi connectivity index (χ0v) is 11.6. The van der Waals surface area contributed by atoms with Crippen molar-refractivity contribution >= 4 is 12.2 Å². The molecule has 4 nitrogen and oxygen atoms in total. The maximum atomic E-state index is 9.94. The predicted octanol–water partition coefficient (Wildman–Crippen LogP) is 2.50. The summed E-state index contributed by atoms with van der Waals surface area (Å²) in [6, 6.07) is 17.3. The number of para-hydroxylation sites is 1. The molecule has 0 atom stereocenters. The molecule has 1 aliphatic rings. The number of aromatic hydroxyl groups is 1. The molecule has 0 unspecified atom stereocenters. The van der Waals surface area contributed by atoms with Crippen LogP contribution in [-0.4, -0.2) is 10.1 Å². The number of hydrogen-bond donors (Lipinski definition) is 1. The lowest BCUT2D eigenvalue weighted by molar-refractivity contribution is 0.336. The van der Waals surface area contributed by atoms with Crippen LogP contribution in [0.2, 0.25) is 0 Å². The maximum absolute atomic E-state index is 9.94. The van der Waals surface area contributed by atoms with Crippen LogP contribution in [0, 0.1) is 0 Å². The first kappa shape index (κ1) is 12.6. The topological polar surface area (TPSA) is 58.6 Å². The van der Waals surface area contributed by atoms with Gasteiger partial charge in [-0.25, -0.2) is 9.98 Å². The first-order chi connectivity index (χ1) is 10.8. The lowest BCUT2D eigenvalue weighted by atomic mass is 10.2. The van der Waals surface area contributed by atoms with E-state index in [-0.39, 0.29) is 5.95 Å². The summed E-state index contributed by atoms with van der Waals surface area (Å²) in [4.78, 5) is 8.82. The molecule has 1 aliphatic heterocycles. The fraction of sp³-hybridized carbons (Fsp3) is 0. The first-order valence-corrected chi connectivity index (χ1v) is 6.92. The Labute approximate surface area is 126 Å². The van der Waals surface area contributed by atoms with E-state index in [9.17, 15) is 5.11 Å². The largest absolute Gasteiger partial charge is 0.479 e. The Morgan fingerprint density at radius 1 is 0.955 bits per heavy atom. The lowest BCUT2D eigenvalue weighted by Crippen LogP contribution is -2.19. The third kappa shape index (κ3) is 2.20. The highest BCUT2D eigenvalue weighted by Crippen LogP contribution is 2.28. The summed E-state index contributed by atoms with van der Waals surface area (Å²) in [5.74, 6) is 0.186. The number of allylic oxidation sites excluding steroid dienone is 1. The third-order valence-corrected chi connectivity index (χ3v) is 3.43. The molecule has 0 spiro atoms. The van der Waals surface area contributed by atoms with Gasteiger partial charge in [0.15, 0.2) is 0 Å². The number of nitrogens with zero attached hydrogens (tertiary/aromatic N) is 2. The van der Waals surface area contributed by atoms with Crippen LogP contribution < -0.4 is 10.6 Å². The Morgan fingerprint density at radius 3 is 2.55 bits per heavy atom.